The lowest BCUT2D eigenvalue weighted by Gasteiger charge is -2.39. The second-order valence-electron chi connectivity index (χ2n) is 10.6. The zero-order chi connectivity index (χ0) is 28.6. The minimum absolute atomic E-state index is 0.0849. The van der Waals surface area contributed by atoms with Crippen molar-refractivity contribution in [2.24, 2.45) is 0 Å². The summed E-state index contributed by atoms with van der Waals surface area (Å²) < 4.78 is 43.0. The summed E-state index contributed by atoms with van der Waals surface area (Å²) in [5.41, 5.74) is -0.279. The van der Waals surface area contributed by atoms with Gasteiger partial charge in [-0.25, -0.2) is 18.0 Å². The number of carbonyl (C=O) groups excluding carboxylic acids is 2. The molecule has 2 N–H and O–H groups in total. The summed E-state index contributed by atoms with van der Waals surface area (Å²) in [6.07, 6.45) is 1.65. The molecule has 3 aliphatic heterocycles. The molecule has 1 atom stereocenters. The van der Waals surface area contributed by atoms with Crippen molar-refractivity contribution in [1.29, 1.82) is 0 Å². The fourth-order valence-electron chi connectivity index (χ4n) is 5.50. The van der Waals surface area contributed by atoms with Gasteiger partial charge in [0.05, 0.1) is 16.9 Å². The molecule has 2 fully saturated rings. The Morgan fingerprint density at radius 2 is 1.82 bits per heavy atom. The predicted molar refractivity (Wildman–Crippen MR) is 146 cm³/mol. The number of alkyl halides is 2. The molecule has 9 nitrogen and oxygen atoms in total. The number of pyridine rings is 1. The molecule has 40 heavy (non-hydrogen) atoms. The zero-order valence-corrected chi connectivity index (χ0v) is 22.6. The Morgan fingerprint density at radius 3 is 2.52 bits per heavy atom. The molecule has 0 aliphatic carbocycles. The first-order valence-electron chi connectivity index (χ1n) is 13.5. The number of hydrogen-bond donors (Lipinski definition) is 2. The van der Waals surface area contributed by atoms with E-state index in [-0.39, 0.29) is 35.4 Å². The smallest absolute Gasteiger partial charge is 0.320 e. The van der Waals surface area contributed by atoms with Crippen LogP contribution in [-0.4, -0.2) is 90.5 Å². The van der Waals surface area contributed by atoms with Gasteiger partial charge < -0.3 is 29.9 Å². The monoisotopic (exact) mass is 558 g/mol. The minimum atomic E-state index is -3.03. The van der Waals surface area contributed by atoms with Gasteiger partial charge in [0.1, 0.15) is 5.82 Å². The molecular weight excluding hydrogens is 525 g/mol. The molecule has 5 rings (SSSR count). The van der Waals surface area contributed by atoms with Gasteiger partial charge >= 0.3 is 6.03 Å². The Labute approximate surface area is 230 Å². The lowest BCUT2D eigenvalue weighted by molar-refractivity contribution is 0.101. The normalized spacial score (nSPS) is 19.9. The molecule has 3 aliphatic rings. The van der Waals surface area contributed by atoms with E-state index in [9.17, 15) is 23.2 Å². The molecule has 2 saturated heterocycles. The van der Waals surface area contributed by atoms with E-state index in [2.05, 4.69) is 15.2 Å². The third kappa shape index (κ3) is 5.58. The van der Waals surface area contributed by atoms with Crippen molar-refractivity contribution in [2.75, 3.05) is 63.1 Å². The Kier molecular flexibility index (Phi) is 7.88. The SMILES string of the molecule is CC1CN(c2cc(F)c(C3=CCN(C(=O)N4CCCC4)C3)cc2NC(=O)c2c[nH]c(=O)cc2C(F)F)CCN1C. The first-order chi connectivity index (χ1) is 19.1. The molecule has 4 heterocycles. The number of aromatic nitrogens is 1. The molecule has 1 aromatic carbocycles. The molecule has 214 valence electrons. The van der Waals surface area contributed by atoms with Crippen LogP contribution in [0.3, 0.4) is 0 Å². The van der Waals surface area contributed by atoms with Crippen molar-refractivity contribution < 1.29 is 22.8 Å². The number of anilines is 2. The van der Waals surface area contributed by atoms with Crippen molar-refractivity contribution in [3.63, 3.8) is 0 Å². The summed E-state index contributed by atoms with van der Waals surface area (Å²) in [5.74, 6) is -1.35. The van der Waals surface area contributed by atoms with Crippen molar-refractivity contribution in [2.45, 2.75) is 32.2 Å². The number of hydrogen-bond acceptors (Lipinski definition) is 5. The number of amides is 3. The van der Waals surface area contributed by atoms with Gasteiger partial charge in [0, 0.05) is 75.2 Å². The van der Waals surface area contributed by atoms with Gasteiger partial charge in [0.15, 0.2) is 0 Å². The second kappa shape index (κ2) is 11.4. The summed E-state index contributed by atoms with van der Waals surface area (Å²) in [6.45, 7) is 5.88. The number of aromatic amines is 1. The van der Waals surface area contributed by atoms with Gasteiger partial charge in [-0.2, -0.15) is 0 Å². The lowest BCUT2D eigenvalue weighted by atomic mass is 10.0. The number of likely N-dealkylation sites (tertiary alicyclic amines) is 1. The third-order valence-electron chi connectivity index (χ3n) is 7.98. The molecule has 12 heteroatoms. The summed E-state index contributed by atoms with van der Waals surface area (Å²) in [4.78, 5) is 47.6. The molecule has 1 aromatic heterocycles. The highest BCUT2D eigenvalue weighted by atomic mass is 19.3. The Bertz CT molecular complexity index is 1390. The minimum Gasteiger partial charge on any atom is -0.367 e. The fraction of sp³-hybridized carbons (Fsp3) is 0.464. The number of nitrogens with one attached hydrogen (secondary N) is 2. The summed E-state index contributed by atoms with van der Waals surface area (Å²) in [7, 11) is 2.00. The lowest BCUT2D eigenvalue weighted by Crippen LogP contribution is -2.50. The van der Waals surface area contributed by atoms with E-state index in [1.165, 1.54) is 12.1 Å². The highest BCUT2D eigenvalue weighted by Gasteiger charge is 2.30. The van der Waals surface area contributed by atoms with Crippen molar-refractivity contribution in [3.05, 3.63) is 63.3 Å². The molecule has 0 bridgehead atoms. The second-order valence-corrected chi connectivity index (χ2v) is 10.6. The first-order valence-corrected chi connectivity index (χ1v) is 13.5. The maximum absolute atomic E-state index is 15.7. The van der Waals surface area contributed by atoms with E-state index in [4.69, 9.17) is 0 Å². The van der Waals surface area contributed by atoms with Crippen molar-refractivity contribution in [3.8, 4) is 0 Å². The van der Waals surface area contributed by atoms with Crippen LogP contribution in [0.15, 0.2) is 35.3 Å². The number of nitrogens with zero attached hydrogens (tertiary/aromatic N) is 4. The van der Waals surface area contributed by atoms with Crippen LogP contribution in [0.4, 0.5) is 29.3 Å². The molecule has 3 amide bonds. The number of H-pyrrole nitrogens is 1. The summed E-state index contributed by atoms with van der Waals surface area (Å²) in [6, 6.07) is 3.64. The van der Waals surface area contributed by atoms with Crippen molar-refractivity contribution >= 4 is 28.9 Å². The number of urea groups is 1. The quantitative estimate of drug-likeness (QED) is 0.583. The van der Waals surface area contributed by atoms with E-state index in [1.54, 1.807) is 15.9 Å². The van der Waals surface area contributed by atoms with Gasteiger partial charge in [-0.3, -0.25) is 9.59 Å². The van der Waals surface area contributed by atoms with E-state index < -0.39 is 29.3 Å². The van der Waals surface area contributed by atoms with Crippen LogP contribution in [0.2, 0.25) is 0 Å². The fourth-order valence-corrected chi connectivity index (χ4v) is 5.50. The van der Waals surface area contributed by atoms with E-state index in [1.807, 2.05) is 18.9 Å². The van der Waals surface area contributed by atoms with Gasteiger partial charge in [0.2, 0.25) is 5.56 Å². The van der Waals surface area contributed by atoms with E-state index in [0.717, 1.165) is 19.0 Å². The first kappa shape index (κ1) is 27.8. The predicted octanol–water partition coefficient (Wildman–Crippen LogP) is 3.76. The summed E-state index contributed by atoms with van der Waals surface area (Å²) in [5, 5.41) is 2.70. The highest BCUT2D eigenvalue weighted by Crippen LogP contribution is 2.36. The Balaban J connectivity index is 1.47. The largest absolute Gasteiger partial charge is 0.367 e. The maximum atomic E-state index is 15.7. The number of likely N-dealkylation sites (N-methyl/N-ethyl adjacent to an activating group) is 1. The van der Waals surface area contributed by atoms with Crippen LogP contribution in [-0.2, 0) is 0 Å². The number of rotatable bonds is 5. The average Bonchev–Trinajstić information content (AvgIpc) is 3.63. The van der Waals surface area contributed by atoms with Crippen LogP contribution >= 0.6 is 0 Å². The van der Waals surface area contributed by atoms with Gasteiger partial charge in [-0.05, 0) is 44.5 Å². The molecule has 0 spiro atoms. The number of carbonyl (C=O) groups is 2. The third-order valence-corrected chi connectivity index (χ3v) is 7.98. The van der Waals surface area contributed by atoms with Gasteiger partial charge in [-0.15, -0.1) is 0 Å². The summed E-state index contributed by atoms with van der Waals surface area (Å²) >= 11 is 0. The molecule has 0 radical (unpaired) electrons. The average molecular weight is 559 g/mol. The number of piperazine rings is 1. The molecular formula is C28H33F3N6O3. The van der Waals surface area contributed by atoms with Gasteiger partial charge in [-0.1, -0.05) is 6.08 Å². The van der Waals surface area contributed by atoms with E-state index >= 15 is 4.39 Å². The van der Waals surface area contributed by atoms with Crippen LogP contribution in [0.25, 0.3) is 5.57 Å². The van der Waals surface area contributed by atoms with Crippen LogP contribution < -0.4 is 15.8 Å². The Morgan fingerprint density at radius 1 is 1.07 bits per heavy atom. The zero-order valence-electron chi connectivity index (χ0n) is 22.6. The highest BCUT2D eigenvalue weighted by molar-refractivity contribution is 6.07. The maximum Gasteiger partial charge on any atom is 0.320 e. The van der Waals surface area contributed by atoms with Crippen molar-refractivity contribution in [1.82, 2.24) is 19.7 Å². The standard InChI is InChI=1S/C28H33F3N6O3/c1-17-15-36(10-9-34(17)2)24-13-22(29)19(18-5-8-37(16-18)28(40)35-6-3-4-7-35)11-23(24)33-27(39)21-14-32-25(38)12-20(21)26(30)31/h5,11-14,17,26H,3-4,6-10,15-16H2,1-2H3,(H,32,38)(H,33,39). The van der Waals surface area contributed by atoms with Crippen LogP contribution in [0.5, 0.6) is 0 Å². The number of halogens is 3. The molecule has 0 saturated carbocycles. The molecule has 1 unspecified atom stereocenters. The topological polar surface area (TPSA) is 92.0 Å². The van der Waals surface area contributed by atoms with Crippen LogP contribution in [0, 0.1) is 5.82 Å². The van der Waals surface area contributed by atoms with E-state index in [0.29, 0.717) is 56.6 Å². The van der Waals surface area contributed by atoms with Gasteiger partial charge in [0.25, 0.3) is 12.3 Å². The molecule has 2 aromatic rings. The van der Waals surface area contributed by atoms with Crippen LogP contribution in [0.1, 0.15) is 47.7 Å². The Hall–Kier alpha value is -3.80. The number of benzene rings is 1.